The van der Waals surface area contributed by atoms with E-state index in [1.54, 1.807) is 19.1 Å². The maximum Gasteiger partial charge on any atom is 0.272 e. The molecule has 1 N–H and O–H groups in total. The maximum absolute atomic E-state index is 10.7. The van der Waals surface area contributed by atoms with Gasteiger partial charge in [-0.15, -0.1) is 0 Å². The number of nitrogens with one attached hydrogen (secondary N) is 1. The summed E-state index contributed by atoms with van der Waals surface area (Å²) in [6, 6.07) is 5.01. The van der Waals surface area contributed by atoms with Crippen LogP contribution in [0.1, 0.15) is 5.56 Å². The fraction of sp³-hybridized carbons (Fsp3) is 0.538. The number of nitrogens with zero attached hydrogens (tertiary/aromatic N) is 2. The van der Waals surface area contributed by atoms with Gasteiger partial charge in [0.25, 0.3) is 5.69 Å². The van der Waals surface area contributed by atoms with E-state index in [1.807, 2.05) is 14.1 Å². The van der Waals surface area contributed by atoms with Crippen LogP contribution >= 0.6 is 0 Å². The Balaban J connectivity index is 2.30. The van der Waals surface area contributed by atoms with E-state index >= 15 is 0 Å². The highest BCUT2D eigenvalue weighted by atomic mass is 16.6. The SMILES string of the molecule is Cc1cc(NCCOCCN(C)C)ccc1[N+](=O)[O-]. The van der Waals surface area contributed by atoms with Gasteiger partial charge in [0, 0.05) is 30.4 Å². The molecule has 0 saturated heterocycles. The molecule has 0 unspecified atom stereocenters. The van der Waals surface area contributed by atoms with Crippen LogP contribution in [-0.2, 0) is 4.74 Å². The molecule has 1 aromatic carbocycles. The monoisotopic (exact) mass is 267 g/mol. The average molecular weight is 267 g/mol. The predicted octanol–water partition coefficient (Wildman–Crippen LogP) is 1.89. The summed E-state index contributed by atoms with van der Waals surface area (Å²) in [4.78, 5) is 12.4. The zero-order valence-electron chi connectivity index (χ0n) is 11.7. The summed E-state index contributed by atoms with van der Waals surface area (Å²) in [7, 11) is 4.00. The van der Waals surface area contributed by atoms with Gasteiger partial charge in [-0.1, -0.05) is 0 Å². The molecule has 0 saturated carbocycles. The summed E-state index contributed by atoms with van der Waals surface area (Å²) >= 11 is 0. The number of nitro groups is 1. The van der Waals surface area contributed by atoms with Crippen molar-refractivity contribution in [3.8, 4) is 0 Å². The van der Waals surface area contributed by atoms with E-state index in [0.717, 1.165) is 12.2 Å². The number of aryl methyl sites for hydroxylation is 1. The van der Waals surface area contributed by atoms with Crippen LogP contribution in [0.4, 0.5) is 11.4 Å². The van der Waals surface area contributed by atoms with Crippen molar-refractivity contribution in [1.82, 2.24) is 4.90 Å². The fourth-order valence-electron chi connectivity index (χ4n) is 1.59. The molecule has 0 heterocycles. The highest BCUT2D eigenvalue weighted by molar-refractivity contribution is 5.53. The number of nitro benzene ring substituents is 1. The van der Waals surface area contributed by atoms with Crippen LogP contribution in [0.25, 0.3) is 0 Å². The molecule has 0 bridgehead atoms. The Labute approximate surface area is 113 Å². The summed E-state index contributed by atoms with van der Waals surface area (Å²) in [5.41, 5.74) is 1.68. The Morgan fingerprint density at radius 1 is 1.37 bits per heavy atom. The first-order chi connectivity index (χ1) is 9.00. The van der Waals surface area contributed by atoms with Crippen molar-refractivity contribution >= 4 is 11.4 Å². The third-order valence-electron chi connectivity index (χ3n) is 2.65. The Kier molecular flexibility index (Phi) is 6.24. The first kappa shape index (κ1) is 15.4. The summed E-state index contributed by atoms with van der Waals surface area (Å²) in [5, 5.41) is 13.9. The van der Waals surface area contributed by atoms with Gasteiger partial charge >= 0.3 is 0 Å². The zero-order valence-corrected chi connectivity index (χ0v) is 11.7. The molecule has 0 amide bonds. The molecule has 106 valence electrons. The van der Waals surface area contributed by atoms with Crippen molar-refractivity contribution in [2.75, 3.05) is 45.7 Å². The van der Waals surface area contributed by atoms with Crippen molar-refractivity contribution < 1.29 is 9.66 Å². The van der Waals surface area contributed by atoms with Gasteiger partial charge in [0.05, 0.1) is 18.1 Å². The average Bonchev–Trinajstić information content (AvgIpc) is 2.32. The first-order valence-electron chi connectivity index (χ1n) is 6.22. The molecular formula is C13H21N3O3. The quantitative estimate of drug-likeness (QED) is 0.442. The predicted molar refractivity (Wildman–Crippen MR) is 75.7 cm³/mol. The molecule has 19 heavy (non-hydrogen) atoms. The topological polar surface area (TPSA) is 67.6 Å². The molecule has 0 fully saturated rings. The van der Waals surface area contributed by atoms with Crippen LogP contribution in [0.2, 0.25) is 0 Å². The second kappa shape index (κ2) is 7.70. The minimum absolute atomic E-state index is 0.146. The first-order valence-corrected chi connectivity index (χ1v) is 6.22. The Morgan fingerprint density at radius 2 is 2.11 bits per heavy atom. The van der Waals surface area contributed by atoms with Gasteiger partial charge in [-0.3, -0.25) is 10.1 Å². The molecule has 6 nitrogen and oxygen atoms in total. The highest BCUT2D eigenvalue weighted by Gasteiger charge is 2.09. The number of rotatable bonds is 8. The molecule has 0 aromatic heterocycles. The molecule has 0 spiro atoms. The van der Waals surface area contributed by atoms with Crippen molar-refractivity contribution in [2.24, 2.45) is 0 Å². The van der Waals surface area contributed by atoms with Gasteiger partial charge in [-0.05, 0) is 33.2 Å². The molecule has 6 heteroatoms. The summed E-state index contributed by atoms with van der Waals surface area (Å²) in [6.07, 6.45) is 0. The van der Waals surface area contributed by atoms with Gasteiger partial charge in [0.1, 0.15) is 0 Å². The molecule has 0 aliphatic rings. The van der Waals surface area contributed by atoms with E-state index < -0.39 is 0 Å². The number of anilines is 1. The Morgan fingerprint density at radius 3 is 2.68 bits per heavy atom. The Bertz CT molecular complexity index is 422. The maximum atomic E-state index is 10.7. The van der Waals surface area contributed by atoms with E-state index in [1.165, 1.54) is 6.07 Å². The molecule has 0 radical (unpaired) electrons. The number of hydrogen-bond acceptors (Lipinski definition) is 5. The second-order valence-electron chi connectivity index (χ2n) is 4.60. The van der Waals surface area contributed by atoms with Crippen molar-refractivity contribution in [3.63, 3.8) is 0 Å². The fourth-order valence-corrected chi connectivity index (χ4v) is 1.59. The minimum Gasteiger partial charge on any atom is -0.383 e. The number of hydrogen-bond donors (Lipinski definition) is 1. The molecule has 0 aliphatic heterocycles. The summed E-state index contributed by atoms with van der Waals surface area (Å²) in [6.45, 7) is 4.63. The van der Waals surface area contributed by atoms with Crippen LogP contribution in [0.15, 0.2) is 18.2 Å². The van der Waals surface area contributed by atoms with E-state index in [0.29, 0.717) is 25.3 Å². The molecular weight excluding hydrogens is 246 g/mol. The van der Waals surface area contributed by atoms with Gasteiger partial charge in [-0.2, -0.15) is 0 Å². The lowest BCUT2D eigenvalue weighted by atomic mass is 10.2. The van der Waals surface area contributed by atoms with Gasteiger partial charge < -0.3 is 15.0 Å². The van der Waals surface area contributed by atoms with Crippen molar-refractivity contribution in [2.45, 2.75) is 6.92 Å². The summed E-state index contributed by atoms with van der Waals surface area (Å²) in [5.74, 6) is 0. The number of likely N-dealkylation sites (N-methyl/N-ethyl adjacent to an activating group) is 1. The zero-order chi connectivity index (χ0) is 14.3. The second-order valence-corrected chi connectivity index (χ2v) is 4.60. The smallest absolute Gasteiger partial charge is 0.272 e. The van der Waals surface area contributed by atoms with Gasteiger partial charge in [-0.25, -0.2) is 0 Å². The lowest BCUT2D eigenvalue weighted by molar-refractivity contribution is -0.385. The third kappa shape index (κ3) is 5.67. The lowest BCUT2D eigenvalue weighted by Gasteiger charge is -2.11. The highest BCUT2D eigenvalue weighted by Crippen LogP contribution is 2.21. The van der Waals surface area contributed by atoms with E-state index in [9.17, 15) is 10.1 Å². The lowest BCUT2D eigenvalue weighted by Crippen LogP contribution is -2.20. The van der Waals surface area contributed by atoms with Crippen LogP contribution in [0, 0.1) is 17.0 Å². The van der Waals surface area contributed by atoms with Gasteiger partial charge in [0.15, 0.2) is 0 Å². The normalized spacial score (nSPS) is 10.7. The van der Waals surface area contributed by atoms with Crippen LogP contribution < -0.4 is 5.32 Å². The van der Waals surface area contributed by atoms with Crippen LogP contribution in [0.3, 0.4) is 0 Å². The Hall–Kier alpha value is -1.66. The van der Waals surface area contributed by atoms with Crippen LogP contribution in [0.5, 0.6) is 0 Å². The molecule has 1 rings (SSSR count). The molecule has 0 aliphatic carbocycles. The van der Waals surface area contributed by atoms with E-state index in [4.69, 9.17) is 4.74 Å². The standard InChI is InChI=1S/C13H21N3O3/c1-11-10-12(4-5-13(11)16(17)18)14-6-8-19-9-7-15(2)3/h4-5,10,14H,6-9H2,1-3H3. The summed E-state index contributed by atoms with van der Waals surface area (Å²) < 4.78 is 5.45. The molecule has 1 aromatic rings. The minimum atomic E-state index is -0.372. The van der Waals surface area contributed by atoms with Gasteiger partial charge in [0.2, 0.25) is 0 Å². The third-order valence-corrected chi connectivity index (χ3v) is 2.65. The van der Waals surface area contributed by atoms with E-state index in [-0.39, 0.29) is 10.6 Å². The van der Waals surface area contributed by atoms with Crippen molar-refractivity contribution in [3.05, 3.63) is 33.9 Å². The largest absolute Gasteiger partial charge is 0.383 e. The number of benzene rings is 1. The van der Waals surface area contributed by atoms with Crippen LogP contribution in [-0.4, -0.2) is 50.2 Å². The molecule has 0 atom stereocenters. The number of ether oxygens (including phenoxy) is 1. The van der Waals surface area contributed by atoms with Crippen molar-refractivity contribution in [1.29, 1.82) is 0 Å². The van der Waals surface area contributed by atoms with E-state index in [2.05, 4.69) is 10.2 Å².